The summed E-state index contributed by atoms with van der Waals surface area (Å²) in [4.78, 5) is 17.8. The topological polar surface area (TPSA) is 39.2 Å². The molecule has 0 saturated heterocycles. The highest BCUT2D eigenvalue weighted by Crippen LogP contribution is 2.41. The fourth-order valence-corrected chi connectivity index (χ4v) is 4.81. The van der Waals surface area contributed by atoms with Gasteiger partial charge in [0.2, 0.25) is 0 Å². The quantitative estimate of drug-likeness (QED) is 0.217. The van der Waals surface area contributed by atoms with Crippen molar-refractivity contribution in [1.29, 1.82) is 0 Å². The highest BCUT2D eigenvalue weighted by molar-refractivity contribution is 6.16. The molecule has 0 fully saturated rings. The first-order valence-corrected chi connectivity index (χ1v) is 12.0. The van der Waals surface area contributed by atoms with E-state index >= 15 is 0 Å². The van der Waals surface area contributed by atoms with Crippen LogP contribution in [-0.2, 0) is 16.5 Å². The van der Waals surface area contributed by atoms with Crippen molar-refractivity contribution in [2.75, 3.05) is 7.11 Å². The first kappa shape index (κ1) is 25.4. The Morgan fingerprint density at radius 2 is 1.42 bits per heavy atom. The first-order valence-electron chi connectivity index (χ1n) is 12.0. The van der Waals surface area contributed by atoms with Gasteiger partial charge in [0.1, 0.15) is 5.60 Å². The summed E-state index contributed by atoms with van der Waals surface area (Å²) in [6.45, 7) is 1.93. The van der Waals surface area contributed by atoms with E-state index in [1.165, 1.54) is 12.3 Å². The molecule has 1 aromatic heterocycles. The van der Waals surface area contributed by atoms with E-state index in [1.54, 1.807) is 49.6 Å². The smallest absolute Gasteiger partial charge is 0.369 e. The molecule has 3 nitrogen and oxygen atoms in total. The summed E-state index contributed by atoms with van der Waals surface area (Å²) < 4.78 is 47.7. The molecule has 0 N–H and O–H groups in total. The van der Waals surface area contributed by atoms with Crippen molar-refractivity contribution in [2.45, 2.75) is 18.7 Å². The molecule has 0 saturated carbocycles. The maximum Gasteiger partial charge on any atom is 0.418 e. The van der Waals surface area contributed by atoms with Gasteiger partial charge in [0.15, 0.2) is 5.78 Å². The number of para-hydroxylation sites is 1. The Hall–Kier alpha value is -4.29. The van der Waals surface area contributed by atoms with Gasteiger partial charge in [-0.1, -0.05) is 91.0 Å². The summed E-state index contributed by atoms with van der Waals surface area (Å²) in [7, 11) is 1.61. The van der Waals surface area contributed by atoms with Crippen LogP contribution in [0, 0.1) is 0 Å². The van der Waals surface area contributed by atoms with Crippen LogP contribution in [0.4, 0.5) is 13.2 Å². The Balaban J connectivity index is 1.79. The van der Waals surface area contributed by atoms with Gasteiger partial charge >= 0.3 is 6.18 Å². The number of carbonyl (C=O) groups excluding carboxylic acids is 1. The zero-order chi connectivity index (χ0) is 26.9. The number of methoxy groups -OCH3 is 1. The minimum Gasteiger partial charge on any atom is -0.369 e. The van der Waals surface area contributed by atoms with E-state index in [0.717, 1.165) is 17.2 Å². The molecule has 38 heavy (non-hydrogen) atoms. The Bertz CT molecular complexity index is 1620. The molecule has 0 spiro atoms. The number of rotatable bonds is 6. The van der Waals surface area contributed by atoms with Crippen molar-refractivity contribution in [3.8, 4) is 11.1 Å². The Kier molecular flexibility index (Phi) is 6.59. The lowest BCUT2D eigenvalue weighted by molar-refractivity contribution is -0.136. The van der Waals surface area contributed by atoms with Gasteiger partial charge in [-0.25, -0.2) is 0 Å². The number of alkyl halides is 3. The molecule has 190 valence electrons. The van der Waals surface area contributed by atoms with Crippen LogP contribution in [0.1, 0.15) is 39.5 Å². The summed E-state index contributed by atoms with van der Waals surface area (Å²) in [6, 6.07) is 29.6. The third kappa shape index (κ3) is 4.48. The van der Waals surface area contributed by atoms with E-state index in [-0.39, 0.29) is 22.2 Å². The van der Waals surface area contributed by atoms with Crippen LogP contribution >= 0.6 is 0 Å². The molecule has 4 aromatic carbocycles. The van der Waals surface area contributed by atoms with Crippen molar-refractivity contribution in [3.63, 3.8) is 0 Å². The van der Waals surface area contributed by atoms with Crippen LogP contribution in [0.2, 0.25) is 0 Å². The van der Waals surface area contributed by atoms with Gasteiger partial charge in [-0.15, -0.1) is 0 Å². The van der Waals surface area contributed by atoms with Gasteiger partial charge in [-0.05, 0) is 35.7 Å². The van der Waals surface area contributed by atoms with Crippen LogP contribution < -0.4 is 0 Å². The molecular weight excluding hydrogens is 487 g/mol. The summed E-state index contributed by atoms with van der Waals surface area (Å²) in [6.07, 6.45) is -3.35. The highest BCUT2D eigenvalue weighted by atomic mass is 19.4. The molecular formula is C32H24F3NO2. The Labute approximate surface area is 218 Å². The number of hydrogen-bond donors (Lipinski definition) is 0. The van der Waals surface area contributed by atoms with Crippen LogP contribution in [0.25, 0.3) is 22.0 Å². The summed E-state index contributed by atoms with van der Waals surface area (Å²) in [5, 5.41) is 0.248. The van der Waals surface area contributed by atoms with Crippen LogP contribution in [-0.4, -0.2) is 17.9 Å². The Morgan fingerprint density at radius 3 is 2.08 bits per heavy atom. The Morgan fingerprint density at radius 1 is 0.789 bits per heavy atom. The number of benzene rings is 4. The van der Waals surface area contributed by atoms with Gasteiger partial charge in [0.05, 0.1) is 11.1 Å². The lowest BCUT2D eigenvalue weighted by atomic mass is 9.84. The molecule has 0 bridgehead atoms. The van der Waals surface area contributed by atoms with Crippen molar-refractivity contribution in [1.82, 2.24) is 4.98 Å². The number of pyridine rings is 1. The second-order valence-electron chi connectivity index (χ2n) is 9.13. The fraction of sp³-hybridized carbons (Fsp3) is 0.125. The predicted octanol–water partition coefficient (Wildman–Crippen LogP) is 8.06. The zero-order valence-corrected chi connectivity index (χ0v) is 20.8. The number of ether oxygens (including phenoxy) is 1. The number of fused-ring (bicyclic) bond motifs is 1. The molecule has 1 heterocycles. The van der Waals surface area contributed by atoms with Crippen LogP contribution in [0.3, 0.4) is 0 Å². The SMILES string of the molecule is COC(C)(c1ccccc1)c1cccc(-c2c(C(=O)c3ccccc3)cnc3c(C(F)(F)F)cccc23)c1. The normalized spacial score (nSPS) is 13.3. The van der Waals surface area contributed by atoms with Gasteiger partial charge in [-0.3, -0.25) is 9.78 Å². The van der Waals surface area contributed by atoms with Crippen LogP contribution in [0.15, 0.2) is 109 Å². The lowest BCUT2D eigenvalue weighted by Gasteiger charge is -2.30. The predicted molar refractivity (Wildman–Crippen MR) is 142 cm³/mol. The number of carbonyl (C=O) groups is 1. The summed E-state index contributed by atoms with van der Waals surface area (Å²) >= 11 is 0. The molecule has 0 aliphatic heterocycles. The van der Waals surface area contributed by atoms with E-state index in [0.29, 0.717) is 16.7 Å². The fourth-order valence-electron chi connectivity index (χ4n) is 4.81. The molecule has 0 amide bonds. The largest absolute Gasteiger partial charge is 0.418 e. The standard InChI is InChI=1S/C32H24F3NO2/c1-31(38-2,23-14-7-4-8-15-23)24-16-9-13-22(19-24)28-25-17-10-18-27(32(33,34)35)29(25)36-20-26(28)30(37)21-11-5-3-6-12-21/h3-20H,1-2H3. The van der Waals surface area contributed by atoms with E-state index < -0.39 is 17.3 Å². The van der Waals surface area contributed by atoms with Crippen LogP contribution in [0.5, 0.6) is 0 Å². The number of halogens is 3. The minimum atomic E-state index is -4.60. The van der Waals surface area contributed by atoms with Crippen molar-refractivity contribution in [3.05, 3.63) is 137 Å². The van der Waals surface area contributed by atoms with Crippen molar-refractivity contribution >= 4 is 16.7 Å². The molecule has 1 atom stereocenters. The second-order valence-corrected chi connectivity index (χ2v) is 9.13. The molecule has 0 aliphatic rings. The van der Waals surface area contributed by atoms with Gasteiger partial charge in [-0.2, -0.15) is 13.2 Å². The summed E-state index contributed by atoms with van der Waals surface area (Å²) in [5.74, 6) is -0.324. The number of aromatic nitrogens is 1. The molecule has 0 aliphatic carbocycles. The number of ketones is 1. The average Bonchev–Trinajstić information content (AvgIpc) is 2.96. The number of nitrogens with zero attached hydrogens (tertiary/aromatic N) is 1. The van der Waals surface area contributed by atoms with E-state index in [4.69, 9.17) is 4.74 Å². The minimum absolute atomic E-state index is 0.206. The zero-order valence-electron chi connectivity index (χ0n) is 20.8. The monoisotopic (exact) mass is 511 g/mol. The van der Waals surface area contributed by atoms with E-state index in [2.05, 4.69) is 4.98 Å². The summed E-state index contributed by atoms with van der Waals surface area (Å²) in [5.41, 5.74) is 1.44. The van der Waals surface area contributed by atoms with E-state index in [1.807, 2.05) is 55.5 Å². The lowest BCUT2D eigenvalue weighted by Crippen LogP contribution is -2.25. The van der Waals surface area contributed by atoms with Crippen molar-refractivity contribution < 1.29 is 22.7 Å². The molecule has 5 rings (SSSR count). The van der Waals surface area contributed by atoms with Gasteiger partial charge in [0.25, 0.3) is 0 Å². The maximum atomic E-state index is 13.9. The molecule has 1 unspecified atom stereocenters. The second kappa shape index (κ2) is 9.88. The highest BCUT2D eigenvalue weighted by Gasteiger charge is 2.34. The van der Waals surface area contributed by atoms with E-state index in [9.17, 15) is 18.0 Å². The maximum absolute atomic E-state index is 13.9. The molecule has 0 radical (unpaired) electrons. The third-order valence-corrected chi connectivity index (χ3v) is 6.92. The average molecular weight is 512 g/mol. The number of hydrogen-bond acceptors (Lipinski definition) is 3. The van der Waals surface area contributed by atoms with Crippen molar-refractivity contribution in [2.24, 2.45) is 0 Å². The van der Waals surface area contributed by atoms with Gasteiger partial charge < -0.3 is 4.74 Å². The van der Waals surface area contributed by atoms with Gasteiger partial charge in [0, 0.05) is 35.4 Å². The molecule has 5 aromatic rings. The first-order chi connectivity index (χ1) is 18.2. The molecule has 6 heteroatoms. The third-order valence-electron chi connectivity index (χ3n) is 6.92.